The molecule has 0 bridgehead atoms. The number of rotatable bonds is 8. The van der Waals surface area contributed by atoms with Crippen LogP contribution < -0.4 is 10.6 Å². The predicted octanol–water partition coefficient (Wildman–Crippen LogP) is 4.92. The van der Waals surface area contributed by atoms with E-state index in [1.54, 1.807) is 12.1 Å². The zero-order valence-corrected chi connectivity index (χ0v) is 19.4. The van der Waals surface area contributed by atoms with Crippen LogP contribution in [0.5, 0.6) is 0 Å². The average Bonchev–Trinajstić information content (AvgIpc) is 3.27. The van der Waals surface area contributed by atoms with Crippen molar-refractivity contribution in [3.05, 3.63) is 70.7 Å². The Labute approximate surface area is 197 Å². The number of ether oxygens (including phenoxy) is 1. The summed E-state index contributed by atoms with van der Waals surface area (Å²) in [4.78, 5) is 24.5. The second-order valence-electron chi connectivity index (χ2n) is 8.14. The standard InChI is InChI=1S/C25H28N4O3S/c1-2-32-24(31)19-10-14-21(15-11-19)26-20-12-8-18(9-13-20)23(30)27-25-29-28-22(33-25)16-17-6-4-3-5-7-17/h3-9,12-13,19,21,26H,2,10-11,14-16H2,1H3,(H,27,29,30)/t19-,21+. The number of carbonyl (C=O) groups is 2. The molecule has 1 aliphatic carbocycles. The number of nitrogens with one attached hydrogen (secondary N) is 2. The van der Waals surface area contributed by atoms with Crippen LogP contribution in [-0.4, -0.2) is 34.7 Å². The maximum absolute atomic E-state index is 12.6. The highest BCUT2D eigenvalue weighted by atomic mass is 32.1. The Hall–Kier alpha value is -3.26. The molecule has 0 spiro atoms. The van der Waals surface area contributed by atoms with Crippen molar-refractivity contribution in [2.24, 2.45) is 5.92 Å². The molecule has 1 saturated carbocycles. The molecule has 0 radical (unpaired) electrons. The highest BCUT2D eigenvalue weighted by molar-refractivity contribution is 7.15. The fourth-order valence-electron chi connectivity index (χ4n) is 4.00. The van der Waals surface area contributed by atoms with Gasteiger partial charge in [0.2, 0.25) is 5.13 Å². The van der Waals surface area contributed by atoms with Gasteiger partial charge in [0, 0.05) is 23.7 Å². The maximum Gasteiger partial charge on any atom is 0.308 e. The molecule has 7 nitrogen and oxygen atoms in total. The summed E-state index contributed by atoms with van der Waals surface area (Å²) in [7, 11) is 0. The normalized spacial score (nSPS) is 17.8. The Balaban J connectivity index is 1.26. The van der Waals surface area contributed by atoms with Gasteiger partial charge in [-0.1, -0.05) is 41.7 Å². The van der Waals surface area contributed by atoms with E-state index in [0.29, 0.717) is 29.8 Å². The molecule has 2 aromatic carbocycles. The van der Waals surface area contributed by atoms with E-state index >= 15 is 0 Å². The molecular formula is C25H28N4O3S. The number of anilines is 2. The predicted molar refractivity (Wildman–Crippen MR) is 130 cm³/mol. The molecule has 1 fully saturated rings. The van der Waals surface area contributed by atoms with E-state index in [4.69, 9.17) is 4.74 Å². The summed E-state index contributed by atoms with van der Waals surface area (Å²) in [5.41, 5.74) is 2.68. The van der Waals surface area contributed by atoms with Gasteiger partial charge in [-0.25, -0.2) is 0 Å². The number of hydrogen-bond acceptors (Lipinski definition) is 7. The van der Waals surface area contributed by atoms with Crippen LogP contribution in [0.1, 0.15) is 53.5 Å². The first kappa shape index (κ1) is 22.9. The lowest BCUT2D eigenvalue weighted by molar-refractivity contribution is -0.149. The fourth-order valence-corrected chi connectivity index (χ4v) is 4.77. The molecule has 2 N–H and O–H groups in total. The van der Waals surface area contributed by atoms with Gasteiger partial charge < -0.3 is 10.1 Å². The molecule has 33 heavy (non-hydrogen) atoms. The highest BCUT2D eigenvalue weighted by Crippen LogP contribution is 2.28. The summed E-state index contributed by atoms with van der Waals surface area (Å²) in [6.07, 6.45) is 4.22. The lowest BCUT2D eigenvalue weighted by atomic mass is 9.86. The average molecular weight is 465 g/mol. The molecule has 1 heterocycles. The second kappa shape index (κ2) is 11.0. The summed E-state index contributed by atoms with van der Waals surface area (Å²) in [6.45, 7) is 2.27. The first-order valence-corrected chi connectivity index (χ1v) is 12.1. The van der Waals surface area contributed by atoms with Crippen LogP contribution in [0, 0.1) is 5.92 Å². The summed E-state index contributed by atoms with van der Waals surface area (Å²) in [6, 6.07) is 17.8. The molecule has 0 saturated heterocycles. The number of nitrogens with zero attached hydrogens (tertiary/aromatic N) is 2. The number of hydrogen-bond donors (Lipinski definition) is 2. The van der Waals surface area contributed by atoms with Crippen LogP contribution in [-0.2, 0) is 16.0 Å². The lowest BCUT2D eigenvalue weighted by Crippen LogP contribution is -2.30. The van der Waals surface area contributed by atoms with E-state index in [0.717, 1.165) is 41.9 Å². The molecule has 0 aliphatic heterocycles. The van der Waals surface area contributed by atoms with Gasteiger partial charge in [0.05, 0.1) is 12.5 Å². The van der Waals surface area contributed by atoms with Crippen molar-refractivity contribution < 1.29 is 14.3 Å². The van der Waals surface area contributed by atoms with Crippen LogP contribution >= 0.6 is 11.3 Å². The van der Waals surface area contributed by atoms with Gasteiger partial charge in [0.15, 0.2) is 0 Å². The Morgan fingerprint density at radius 2 is 1.73 bits per heavy atom. The summed E-state index contributed by atoms with van der Waals surface area (Å²) >= 11 is 1.38. The minimum absolute atomic E-state index is 0.0163. The topological polar surface area (TPSA) is 93.2 Å². The van der Waals surface area contributed by atoms with Crippen molar-refractivity contribution in [3.8, 4) is 0 Å². The first-order valence-electron chi connectivity index (χ1n) is 11.3. The van der Waals surface area contributed by atoms with Gasteiger partial charge >= 0.3 is 5.97 Å². The third-order valence-corrected chi connectivity index (χ3v) is 6.59. The van der Waals surface area contributed by atoms with Crippen molar-refractivity contribution in [2.75, 3.05) is 17.2 Å². The van der Waals surface area contributed by atoms with Gasteiger partial charge in [-0.3, -0.25) is 14.9 Å². The zero-order valence-electron chi connectivity index (χ0n) is 18.6. The summed E-state index contributed by atoms with van der Waals surface area (Å²) < 4.78 is 5.14. The minimum atomic E-state index is -0.209. The van der Waals surface area contributed by atoms with Crippen LogP contribution in [0.25, 0.3) is 0 Å². The molecule has 1 aliphatic rings. The van der Waals surface area contributed by atoms with E-state index in [1.165, 1.54) is 11.3 Å². The van der Waals surface area contributed by atoms with Gasteiger partial charge in [-0.15, -0.1) is 10.2 Å². The van der Waals surface area contributed by atoms with Gasteiger partial charge in [-0.05, 0) is 62.4 Å². The molecular weight excluding hydrogens is 436 g/mol. The first-order chi connectivity index (χ1) is 16.1. The number of amides is 1. The molecule has 0 unspecified atom stereocenters. The van der Waals surface area contributed by atoms with Crippen molar-refractivity contribution in [1.82, 2.24) is 10.2 Å². The van der Waals surface area contributed by atoms with Crippen molar-refractivity contribution in [2.45, 2.75) is 45.1 Å². The maximum atomic E-state index is 12.6. The van der Waals surface area contributed by atoms with Crippen molar-refractivity contribution >= 4 is 34.0 Å². The Bertz CT molecular complexity index is 1060. The minimum Gasteiger partial charge on any atom is -0.466 e. The Morgan fingerprint density at radius 1 is 1.00 bits per heavy atom. The fraction of sp³-hybridized carbons (Fsp3) is 0.360. The van der Waals surface area contributed by atoms with Gasteiger partial charge in [-0.2, -0.15) is 0 Å². The smallest absolute Gasteiger partial charge is 0.308 e. The molecule has 8 heteroatoms. The number of carbonyl (C=O) groups excluding carboxylic acids is 2. The molecule has 1 aromatic heterocycles. The molecule has 0 atom stereocenters. The summed E-state index contributed by atoms with van der Waals surface area (Å²) in [5.74, 6) is -0.268. The number of aromatic nitrogens is 2. The van der Waals surface area contributed by atoms with Crippen LogP contribution in [0.2, 0.25) is 0 Å². The monoisotopic (exact) mass is 464 g/mol. The largest absolute Gasteiger partial charge is 0.466 e. The van der Waals surface area contributed by atoms with E-state index in [1.807, 2.05) is 49.4 Å². The van der Waals surface area contributed by atoms with Crippen molar-refractivity contribution in [1.29, 1.82) is 0 Å². The lowest BCUT2D eigenvalue weighted by Gasteiger charge is -2.28. The number of esters is 1. The highest BCUT2D eigenvalue weighted by Gasteiger charge is 2.27. The second-order valence-corrected chi connectivity index (χ2v) is 9.20. The van der Waals surface area contributed by atoms with Crippen molar-refractivity contribution in [3.63, 3.8) is 0 Å². The summed E-state index contributed by atoms with van der Waals surface area (Å²) in [5, 5.41) is 16.0. The SMILES string of the molecule is CCOC(=O)[C@H]1CC[C@@H](Nc2ccc(C(=O)Nc3nnc(Cc4ccccc4)s3)cc2)CC1. The molecule has 1 amide bonds. The zero-order chi connectivity index (χ0) is 23.0. The van der Waals surface area contributed by atoms with Gasteiger partial charge in [0.1, 0.15) is 5.01 Å². The quantitative estimate of drug-likeness (QED) is 0.460. The Morgan fingerprint density at radius 3 is 2.42 bits per heavy atom. The third kappa shape index (κ3) is 6.38. The van der Waals surface area contributed by atoms with E-state index in [-0.39, 0.29) is 17.8 Å². The van der Waals surface area contributed by atoms with Crippen LogP contribution in [0.15, 0.2) is 54.6 Å². The van der Waals surface area contributed by atoms with Gasteiger partial charge in [0.25, 0.3) is 5.91 Å². The molecule has 172 valence electrons. The van der Waals surface area contributed by atoms with E-state index in [2.05, 4.69) is 20.8 Å². The number of benzene rings is 2. The molecule has 3 aromatic rings. The van der Waals surface area contributed by atoms with E-state index in [9.17, 15) is 9.59 Å². The third-order valence-electron chi connectivity index (χ3n) is 5.75. The van der Waals surface area contributed by atoms with Crippen LogP contribution in [0.4, 0.5) is 10.8 Å². The van der Waals surface area contributed by atoms with Crippen LogP contribution in [0.3, 0.4) is 0 Å². The van der Waals surface area contributed by atoms with E-state index < -0.39 is 0 Å². The molecule has 4 rings (SSSR count). The Kier molecular flexibility index (Phi) is 7.67.